The normalized spacial score (nSPS) is 12.6. The second kappa shape index (κ2) is 17.0. The van der Waals surface area contributed by atoms with Gasteiger partial charge in [-0.05, 0) is 141 Å². The molecule has 0 saturated heterocycles. The van der Waals surface area contributed by atoms with Crippen molar-refractivity contribution in [3.05, 3.63) is 307 Å². The lowest BCUT2D eigenvalue weighted by atomic mass is 9.68. The number of anilines is 3. The van der Waals surface area contributed by atoms with Gasteiger partial charge in [0.05, 0.1) is 11.1 Å². The first-order chi connectivity index (χ1) is 35.7. The molecule has 72 heavy (non-hydrogen) atoms. The average Bonchev–Trinajstić information content (AvgIpc) is 3.76. The van der Waals surface area contributed by atoms with Crippen LogP contribution in [0.3, 0.4) is 0 Å². The van der Waals surface area contributed by atoms with E-state index in [9.17, 15) is 0 Å². The third kappa shape index (κ3) is 6.48. The van der Waals surface area contributed by atoms with E-state index in [-0.39, 0.29) is 0 Å². The summed E-state index contributed by atoms with van der Waals surface area (Å²) in [6, 6.07) is 106. The molecule has 1 aliphatic carbocycles. The molecule has 0 aromatic heterocycles. The zero-order valence-corrected chi connectivity index (χ0v) is 39.6. The van der Waals surface area contributed by atoms with Crippen molar-refractivity contribution < 1.29 is 0 Å². The van der Waals surface area contributed by atoms with Crippen LogP contribution < -0.4 is 4.90 Å². The monoisotopic (exact) mass is 913 g/mol. The van der Waals surface area contributed by atoms with Gasteiger partial charge in [-0.1, -0.05) is 249 Å². The Hall–Kier alpha value is -9.30. The summed E-state index contributed by atoms with van der Waals surface area (Å²) in [5, 5.41) is 9.90. The van der Waals surface area contributed by atoms with Crippen LogP contribution in [-0.2, 0) is 5.41 Å². The first-order valence-corrected chi connectivity index (χ1v) is 25.0. The molecule has 1 aliphatic rings. The molecule has 0 bridgehead atoms. The van der Waals surface area contributed by atoms with E-state index >= 15 is 0 Å². The Morgan fingerprint density at radius 1 is 0.250 bits per heavy atom. The average molecular weight is 914 g/mol. The minimum Gasteiger partial charge on any atom is -0.310 e. The van der Waals surface area contributed by atoms with E-state index < -0.39 is 5.41 Å². The van der Waals surface area contributed by atoms with E-state index in [0.717, 1.165) is 28.2 Å². The van der Waals surface area contributed by atoms with Gasteiger partial charge >= 0.3 is 0 Å². The minimum atomic E-state index is -0.496. The summed E-state index contributed by atoms with van der Waals surface area (Å²) in [5.74, 6) is 0. The molecule has 0 radical (unpaired) electrons. The molecule has 0 amide bonds. The van der Waals surface area contributed by atoms with Gasteiger partial charge in [0.2, 0.25) is 0 Å². The summed E-state index contributed by atoms with van der Waals surface area (Å²) in [7, 11) is 0. The smallest absolute Gasteiger partial charge is 0.0713 e. The summed E-state index contributed by atoms with van der Waals surface area (Å²) in [6.07, 6.45) is 0. The third-order valence-corrected chi connectivity index (χ3v) is 15.3. The molecular formula is C71H47N. The molecule has 0 spiro atoms. The molecule has 1 nitrogen and oxygen atoms in total. The van der Waals surface area contributed by atoms with Crippen LogP contribution in [0.1, 0.15) is 22.3 Å². The van der Waals surface area contributed by atoms with Crippen molar-refractivity contribution in [2.24, 2.45) is 0 Å². The van der Waals surface area contributed by atoms with Gasteiger partial charge in [-0.15, -0.1) is 0 Å². The van der Waals surface area contributed by atoms with Crippen LogP contribution in [0.5, 0.6) is 0 Å². The highest BCUT2D eigenvalue weighted by atomic mass is 15.1. The predicted molar refractivity (Wildman–Crippen MR) is 305 cm³/mol. The highest BCUT2D eigenvalue weighted by Gasteiger charge is 2.46. The molecule has 0 fully saturated rings. The van der Waals surface area contributed by atoms with Crippen molar-refractivity contribution >= 4 is 60.2 Å². The zero-order chi connectivity index (χ0) is 47.6. The van der Waals surface area contributed by atoms with Gasteiger partial charge in [0.15, 0.2) is 0 Å². The summed E-state index contributed by atoms with van der Waals surface area (Å²) in [5.41, 5.74) is 17.6. The molecule has 336 valence electrons. The molecule has 0 heterocycles. The van der Waals surface area contributed by atoms with Crippen LogP contribution in [0.4, 0.5) is 17.1 Å². The van der Waals surface area contributed by atoms with Crippen molar-refractivity contribution in [1.29, 1.82) is 0 Å². The van der Waals surface area contributed by atoms with Crippen molar-refractivity contribution in [1.82, 2.24) is 0 Å². The maximum Gasteiger partial charge on any atom is 0.0713 e. The van der Waals surface area contributed by atoms with Crippen molar-refractivity contribution in [2.75, 3.05) is 4.90 Å². The lowest BCUT2D eigenvalue weighted by Gasteiger charge is -2.34. The van der Waals surface area contributed by atoms with Crippen LogP contribution in [0, 0.1) is 0 Å². The Labute approximate surface area is 420 Å². The molecular weight excluding hydrogens is 867 g/mol. The number of rotatable bonds is 8. The minimum absolute atomic E-state index is 0.496. The van der Waals surface area contributed by atoms with Gasteiger partial charge in [-0.2, -0.15) is 0 Å². The molecule has 0 N–H and O–H groups in total. The highest BCUT2D eigenvalue weighted by molar-refractivity contribution is 6.22. The number of fused-ring (bicyclic) bond motifs is 9. The van der Waals surface area contributed by atoms with Crippen molar-refractivity contribution in [3.63, 3.8) is 0 Å². The van der Waals surface area contributed by atoms with Crippen molar-refractivity contribution in [2.45, 2.75) is 5.41 Å². The molecule has 0 saturated carbocycles. The number of hydrogen-bond donors (Lipinski definition) is 0. The van der Waals surface area contributed by atoms with Gasteiger partial charge in [0.1, 0.15) is 0 Å². The predicted octanol–water partition coefficient (Wildman–Crippen LogP) is 19.1. The summed E-state index contributed by atoms with van der Waals surface area (Å²) >= 11 is 0. The Balaban J connectivity index is 1.03. The Bertz CT molecular complexity index is 4160. The first kappa shape index (κ1) is 41.7. The Morgan fingerprint density at radius 2 is 0.736 bits per heavy atom. The summed E-state index contributed by atoms with van der Waals surface area (Å²) < 4.78 is 0. The number of benzene rings is 13. The SMILES string of the molecule is c1ccc(-c2c(-c3ccccc3)c3cc(-c4ccccc4N(c4ccc5c(c4)-c4ccccc4C5(c4ccccc4)c4ccccc4)c4ccc5c(ccc6ccccc65)c4)ccc3c3ccccc23)cc1. The second-order valence-electron chi connectivity index (χ2n) is 19.1. The van der Waals surface area contributed by atoms with E-state index in [2.05, 4.69) is 290 Å². The van der Waals surface area contributed by atoms with Gasteiger partial charge in [-0.25, -0.2) is 0 Å². The quantitative estimate of drug-likeness (QED) is 0.137. The molecule has 1 heteroatoms. The highest BCUT2D eigenvalue weighted by Crippen LogP contribution is 2.57. The molecule has 0 aliphatic heterocycles. The molecule has 14 rings (SSSR count). The maximum absolute atomic E-state index is 2.50. The number of nitrogens with zero attached hydrogens (tertiary/aromatic N) is 1. The standard InChI is InChI=1S/C71H47N/c1-5-22-49(23-6-1)69-63-34-16-15-32-60(63)61-42-39-52(46-65(61)70(69)50-24-7-2-8-25-50)59-31-18-20-36-68(59)72(55-40-43-58-51(45-55)38-37-48-21-13-14-30-57(48)58)56-41-44-67-64(47-56)62-33-17-19-35-66(62)71(67,53-26-9-3-10-27-53)54-28-11-4-12-29-54/h1-47H. The van der Waals surface area contributed by atoms with E-state index in [0.29, 0.717) is 0 Å². The fourth-order valence-electron chi connectivity index (χ4n) is 12.2. The van der Waals surface area contributed by atoms with E-state index in [1.54, 1.807) is 0 Å². The summed E-state index contributed by atoms with van der Waals surface area (Å²) in [4.78, 5) is 2.50. The third-order valence-electron chi connectivity index (χ3n) is 15.3. The molecule has 0 unspecified atom stereocenters. The van der Waals surface area contributed by atoms with E-state index in [1.165, 1.54) is 98.7 Å². The van der Waals surface area contributed by atoms with Gasteiger partial charge in [-0.3, -0.25) is 0 Å². The van der Waals surface area contributed by atoms with Crippen LogP contribution in [-0.4, -0.2) is 0 Å². The van der Waals surface area contributed by atoms with Crippen molar-refractivity contribution in [3.8, 4) is 44.5 Å². The zero-order valence-electron chi connectivity index (χ0n) is 39.6. The molecule has 0 atom stereocenters. The van der Waals surface area contributed by atoms with Crippen LogP contribution in [0.2, 0.25) is 0 Å². The Morgan fingerprint density at radius 3 is 1.46 bits per heavy atom. The number of hydrogen-bond acceptors (Lipinski definition) is 1. The second-order valence-corrected chi connectivity index (χ2v) is 19.1. The maximum atomic E-state index is 2.50. The van der Waals surface area contributed by atoms with Crippen LogP contribution in [0.25, 0.3) is 87.6 Å². The van der Waals surface area contributed by atoms with Crippen LogP contribution >= 0.6 is 0 Å². The van der Waals surface area contributed by atoms with Crippen LogP contribution in [0.15, 0.2) is 285 Å². The molecule has 13 aromatic carbocycles. The lowest BCUT2D eigenvalue weighted by Crippen LogP contribution is -2.28. The van der Waals surface area contributed by atoms with Gasteiger partial charge in [0, 0.05) is 16.9 Å². The molecule has 13 aromatic rings. The largest absolute Gasteiger partial charge is 0.310 e. The number of para-hydroxylation sites is 1. The fraction of sp³-hybridized carbons (Fsp3) is 0.0141. The van der Waals surface area contributed by atoms with Gasteiger partial charge in [0.25, 0.3) is 0 Å². The van der Waals surface area contributed by atoms with E-state index in [4.69, 9.17) is 0 Å². The Kier molecular flexibility index (Phi) is 9.82. The fourth-order valence-corrected chi connectivity index (χ4v) is 12.2. The van der Waals surface area contributed by atoms with E-state index in [1.807, 2.05) is 0 Å². The lowest BCUT2D eigenvalue weighted by molar-refractivity contribution is 0.768. The summed E-state index contributed by atoms with van der Waals surface area (Å²) in [6.45, 7) is 0. The van der Waals surface area contributed by atoms with Gasteiger partial charge < -0.3 is 4.90 Å². The topological polar surface area (TPSA) is 3.24 Å². The first-order valence-electron chi connectivity index (χ1n) is 25.0.